The van der Waals surface area contributed by atoms with E-state index in [1.54, 1.807) is 15.7 Å². The van der Waals surface area contributed by atoms with Gasteiger partial charge in [0.15, 0.2) is 15.7 Å². The van der Waals surface area contributed by atoms with E-state index >= 15 is 0 Å². The van der Waals surface area contributed by atoms with Crippen molar-refractivity contribution in [3.8, 4) is 0 Å². The standard InChI is InChI=1S/C11H12B2O4/c12-11(13,8-4-2-1-3-5-8)17-10(16)7-6-9(14)15/h1-7H,12-13H2,(H,14,15)/b7-6-. The molecule has 0 spiro atoms. The lowest BCUT2D eigenvalue weighted by Gasteiger charge is -2.25. The van der Waals surface area contributed by atoms with Crippen molar-refractivity contribution in [3.05, 3.63) is 48.0 Å². The number of benzene rings is 1. The number of hydrogen-bond acceptors (Lipinski definition) is 3. The summed E-state index contributed by atoms with van der Waals surface area (Å²) in [6, 6.07) is 9.24. The van der Waals surface area contributed by atoms with Crippen LogP contribution in [0, 0.1) is 0 Å². The normalized spacial score (nSPS) is 11.3. The van der Waals surface area contributed by atoms with Crippen LogP contribution in [0.4, 0.5) is 0 Å². The van der Waals surface area contributed by atoms with Crippen molar-refractivity contribution in [2.45, 2.75) is 5.40 Å². The third-order valence-corrected chi connectivity index (χ3v) is 2.19. The number of hydrogen-bond donors (Lipinski definition) is 1. The van der Waals surface area contributed by atoms with Crippen LogP contribution in [0.3, 0.4) is 0 Å². The van der Waals surface area contributed by atoms with E-state index in [0.29, 0.717) is 0 Å². The summed E-state index contributed by atoms with van der Waals surface area (Å²) in [5.41, 5.74) is 0.845. The van der Waals surface area contributed by atoms with Gasteiger partial charge in [-0.05, 0) is 5.56 Å². The molecule has 0 aliphatic carbocycles. The molecular weight excluding hydrogens is 218 g/mol. The van der Waals surface area contributed by atoms with Gasteiger partial charge in [0.1, 0.15) is 0 Å². The van der Waals surface area contributed by atoms with E-state index in [1.165, 1.54) is 0 Å². The maximum absolute atomic E-state index is 11.4. The van der Waals surface area contributed by atoms with E-state index in [4.69, 9.17) is 9.84 Å². The topological polar surface area (TPSA) is 63.6 Å². The van der Waals surface area contributed by atoms with Crippen LogP contribution in [0.2, 0.25) is 0 Å². The molecule has 17 heavy (non-hydrogen) atoms. The van der Waals surface area contributed by atoms with E-state index < -0.39 is 17.3 Å². The van der Waals surface area contributed by atoms with Crippen molar-refractivity contribution in [2.24, 2.45) is 0 Å². The first kappa shape index (κ1) is 13.1. The highest BCUT2D eigenvalue weighted by molar-refractivity contribution is 6.39. The van der Waals surface area contributed by atoms with Gasteiger partial charge >= 0.3 is 11.9 Å². The molecule has 6 heteroatoms. The highest BCUT2D eigenvalue weighted by Crippen LogP contribution is 2.18. The Bertz CT molecular complexity index is 440. The molecule has 0 aromatic heterocycles. The number of carboxylic acids is 1. The van der Waals surface area contributed by atoms with Gasteiger partial charge in [0.2, 0.25) is 0 Å². The maximum atomic E-state index is 11.4. The summed E-state index contributed by atoms with van der Waals surface area (Å²) in [5, 5.41) is 7.59. The van der Waals surface area contributed by atoms with E-state index in [0.717, 1.165) is 17.7 Å². The monoisotopic (exact) mass is 230 g/mol. The first-order valence-corrected chi connectivity index (χ1v) is 5.11. The van der Waals surface area contributed by atoms with Gasteiger partial charge in [-0.2, -0.15) is 0 Å². The average molecular weight is 230 g/mol. The van der Waals surface area contributed by atoms with E-state index in [-0.39, 0.29) is 0 Å². The summed E-state index contributed by atoms with van der Waals surface area (Å²) in [5.74, 6) is -1.86. The number of esters is 1. The summed E-state index contributed by atoms with van der Waals surface area (Å²) >= 11 is 0. The molecule has 0 radical (unpaired) electrons. The van der Waals surface area contributed by atoms with Crippen molar-refractivity contribution in [2.75, 3.05) is 0 Å². The Morgan fingerprint density at radius 2 is 1.76 bits per heavy atom. The second-order valence-electron chi connectivity index (χ2n) is 3.97. The summed E-state index contributed by atoms with van der Waals surface area (Å²) < 4.78 is 5.19. The molecular formula is C11H12B2O4. The van der Waals surface area contributed by atoms with Crippen LogP contribution in [-0.2, 0) is 19.7 Å². The van der Waals surface area contributed by atoms with E-state index in [1.807, 2.05) is 30.3 Å². The number of ether oxygens (including phenoxy) is 1. The first-order chi connectivity index (χ1) is 7.92. The van der Waals surface area contributed by atoms with Crippen LogP contribution in [-0.4, -0.2) is 32.7 Å². The second kappa shape index (κ2) is 5.39. The summed E-state index contributed by atoms with van der Waals surface area (Å²) in [4.78, 5) is 21.6. The van der Waals surface area contributed by atoms with Crippen LogP contribution < -0.4 is 0 Å². The number of carbonyl (C=O) groups is 2. The molecule has 1 rings (SSSR count). The van der Waals surface area contributed by atoms with Gasteiger partial charge in [0.05, 0.1) is 5.40 Å². The fourth-order valence-corrected chi connectivity index (χ4v) is 1.32. The molecule has 1 N–H and O–H groups in total. The Morgan fingerprint density at radius 1 is 1.18 bits per heavy atom. The van der Waals surface area contributed by atoms with Gasteiger partial charge in [-0.25, -0.2) is 9.59 Å². The Hall–Kier alpha value is -1.97. The molecule has 0 amide bonds. The quantitative estimate of drug-likeness (QED) is 0.419. The fraction of sp³-hybridized carbons (Fsp3) is 0.0909. The molecule has 0 saturated heterocycles. The number of carbonyl (C=O) groups excluding carboxylic acids is 1. The zero-order chi connectivity index (χ0) is 12.9. The smallest absolute Gasteiger partial charge is 0.330 e. The van der Waals surface area contributed by atoms with Crippen molar-refractivity contribution in [1.29, 1.82) is 0 Å². The number of rotatable bonds is 4. The minimum Gasteiger partial charge on any atom is -0.478 e. The Morgan fingerprint density at radius 3 is 2.29 bits per heavy atom. The van der Waals surface area contributed by atoms with Crippen LogP contribution in [0.25, 0.3) is 0 Å². The molecule has 0 unspecified atom stereocenters. The molecule has 0 heterocycles. The van der Waals surface area contributed by atoms with Gasteiger partial charge < -0.3 is 9.84 Å². The van der Waals surface area contributed by atoms with E-state index in [2.05, 4.69) is 0 Å². The molecule has 0 fully saturated rings. The molecule has 1 aromatic carbocycles. The molecule has 0 aliphatic heterocycles. The molecule has 1 aromatic rings. The first-order valence-electron chi connectivity index (χ1n) is 5.11. The largest absolute Gasteiger partial charge is 0.478 e. The molecule has 0 atom stereocenters. The maximum Gasteiger partial charge on any atom is 0.330 e. The van der Waals surface area contributed by atoms with Gasteiger partial charge in [-0.1, -0.05) is 30.3 Å². The number of aliphatic carboxylic acids is 1. The lowest BCUT2D eigenvalue weighted by Crippen LogP contribution is -2.32. The van der Waals surface area contributed by atoms with Gasteiger partial charge in [-0.3, -0.25) is 0 Å². The molecule has 0 bridgehead atoms. The Balaban J connectivity index is 2.74. The zero-order valence-electron chi connectivity index (χ0n) is 9.71. The van der Waals surface area contributed by atoms with Crippen LogP contribution >= 0.6 is 0 Å². The van der Waals surface area contributed by atoms with Crippen molar-refractivity contribution < 1.29 is 19.4 Å². The minimum atomic E-state index is -1.18. The summed E-state index contributed by atoms with van der Waals surface area (Å²) in [6.45, 7) is 0. The highest BCUT2D eigenvalue weighted by Gasteiger charge is 2.23. The third-order valence-electron chi connectivity index (χ3n) is 2.19. The molecule has 86 valence electrons. The van der Waals surface area contributed by atoms with Crippen molar-refractivity contribution in [1.82, 2.24) is 0 Å². The number of carboxylic acid groups (broad SMARTS) is 1. The van der Waals surface area contributed by atoms with E-state index in [9.17, 15) is 9.59 Å². The third kappa shape index (κ3) is 4.18. The molecule has 4 nitrogen and oxygen atoms in total. The van der Waals surface area contributed by atoms with Crippen molar-refractivity contribution >= 4 is 27.6 Å². The Labute approximate surface area is 101 Å². The minimum absolute atomic E-state index is 0.679. The SMILES string of the molecule is BC(B)(OC(=O)/C=C\C(=O)O)c1ccccc1. The second-order valence-corrected chi connectivity index (χ2v) is 3.97. The van der Waals surface area contributed by atoms with Gasteiger partial charge in [-0.15, -0.1) is 0 Å². The molecule has 0 saturated carbocycles. The summed E-state index contributed by atoms with van der Waals surface area (Å²) in [7, 11) is 3.49. The Kier molecular flexibility index (Phi) is 4.15. The van der Waals surface area contributed by atoms with Crippen LogP contribution in [0.1, 0.15) is 5.56 Å². The predicted molar refractivity (Wildman–Crippen MR) is 68.1 cm³/mol. The van der Waals surface area contributed by atoms with Crippen LogP contribution in [0.5, 0.6) is 0 Å². The lowest BCUT2D eigenvalue weighted by molar-refractivity contribution is -0.142. The van der Waals surface area contributed by atoms with Crippen LogP contribution in [0.15, 0.2) is 42.5 Å². The highest BCUT2D eigenvalue weighted by atomic mass is 16.5. The lowest BCUT2D eigenvalue weighted by atomic mass is 9.61. The average Bonchev–Trinajstić information content (AvgIpc) is 2.27. The van der Waals surface area contributed by atoms with Gasteiger partial charge in [0, 0.05) is 12.2 Å². The summed E-state index contributed by atoms with van der Waals surface area (Å²) in [6.07, 6.45) is 1.65. The molecule has 0 aliphatic rings. The van der Waals surface area contributed by atoms with Gasteiger partial charge in [0.25, 0.3) is 0 Å². The zero-order valence-corrected chi connectivity index (χ0v) is 9.71. The fourth-order valence-electron chi connectivity index (χ4n) is 1.32. The van der Waals surface area contributed by atoms with Crippen molar-refractivity contribution in [3.63, 3.8) is 0 Å². The predicted octanol–water partition coefficient (Wildman–Crippen LogP) is -0.753.